The third kappa shape index (κ3) is 6.28. The summed E-state index contributed by atoms with van der Waals surface area (Å²) in [6, 6.07) is 7.58. The summed E-state index contributed by atoms with van der Waals surface area (Å²) in [5.41, 5.74) is -0.241. The van der Waals surface area contributed by atoms with Gasteiger partial charge in [-0.05, 0) is 50.8 Å². The number of carbonyl (C=O) groups is 2. The second kappa shape index (κ2) is 11.2. The van der Waals surface area contributed by atoms with Gasteiger partial charge in [0.25, 0.3) is 5.91 Å². The van der Waals surface area contributed by atoms with Crippen molar-refractivity contribution in [2.45, 2.75) is 57.8 Å². The molecule has 178 valence electrons. The standard InChI is InChI=1S/C24H29ClN2O6/c1-14(27-23(29)20-21(28)19(31-3)11-12-26-20)24(30)32-15(2)22(16-7-4-5-8-16)33-18-10-6-9-17(25)13-18/h6,9-16,22,28H,4-5,7-8H2,1-3H3,(H,27,29)/t14-,15-,22-/m0/s1. The predicted octanol–water partition coefficient (Wildman–Crippen LogP) is 4.14. The molecular formula is C24H29ClN2O6. The number of carbonyl (C=O) groups excluding carboxylic acids is 2. The molecule has 1 aliphatic carbocycles. The fraction of sp³-hybridized carbons (Fsp3) is 0.458. The topological polar surface area (TPSA) is 107 Å². The van der Waals surface area contributed by atoms with Gasteiger partial charge in [-0.25, -0.2) is 9.78 Å². The van der Waals surface area contributed by atoms with Crippen molar-refractivity contribution >= 4 is 23.5 Å². The highest BCUT2D eigenvalue weighted by Crippen LogP contribution is 2.33. The van der Waals surface area contributed by atoms with Gasteiger partial charge in [0.15, 0.2) is 17.2 Å². The summed E-state index contributed by atoms with van der Waals surface area (Å²) in [6.07, 6.45) is 4.61. The molecule has 0 bridgehead atoms. The fourth-order valence-corrected chi connectivity index (χ4v) is 4.18. The van der Waals surface area contributed by atoms with E-state index >= 15 is 0 Å². The van der Waals surface area contributed by atoms with E-state index in [0.717, 1.165) is 25.7 Å². The van der Waals surface area contributed by atoms with Crippen LogP contribution in [0.1, 0.15) is 50.0 Å². The largest absolute Gasteiger partial charge is 0.503 e. The number of hydrogen-bond acceptors (Lipinski definition) is 7. The number of benzene rings is 1. The molecule has 1 saturated carbocycles. The van der Waals surface area contributed by atoms with E-state index < -0.39 is 29.8 Å². The molecule has 1 aromatic heterocycles. The van der Waals surface area contributed by atoms with Crippen LogP contribution in [-0.2, 0) is 9.53 Å². The van der Waals surface area contributed by atoms with Crippen LogP contribution < -0.4 is 14.8 Å². The van der Waals surface area contributed by atoms with Gasteiger partial charge < -0.3 is 24.6 Å². The molecule has 0 aliphatic heterocycles. The van der Waals surface area contributed by atoms with Crippen molar-refractivity contribution in [3.63, 3.8) is 0 Å². The van der Waals surface area contributed by atoms with E-state index in [-0.39, 0.29) is 23.5 Å². The first-order valence-corrected chi connectivity index (χ1v) is 11.3. The number of hydrogen-bond donors (Lipinski definition) is 2. The van der Waals surface area contributed by atoms with E-state index in [0.29, 0.717) is 10.8 Å². The van der Waals surface area contributed by atoms with Gasteiger partial charge in [0.05, 0.1) is 7.11 Å². The average Bonchev–Trinajstić information content (AvgIpc) is 3.32. The highest BCUT2D eigenvalue weighted by atomic mass is 35.5. The van der Waals surface area contributed by atoms with Crippen LogP contribution in [0.2, 0.25) is 5.02 Å². The summed E-state index contributed by atoms with van der Waals surface area (Å²) in [7, 11) is 1.37. The average molecular weight is 477 g/mol. The van der Waals surface area contributed by atoms with Crippen molar-refractivity contribution in [3.8, 4) is 17.2 Å². The van der Waals surface area contributed by atoms with E-state index in [1.165, 1.54) is 26.3 Å². The van der Waals surface area contributed by atoms with Gasteiger partial charge in [-0.3, -0.25) is 4.79 Å². The summed E-state index contributed by atoms with van der Waals surface area (Å²) >= 11 is 6.09. The van der Waals surface area contributed by atoms with Gasteiger partial charge in [0, 0.05) is 17.3 Å². The number of aromatic nitrogens is 1. The van der Waals surface area contributed by atoms with Crippen LogP contribution in [0.15, 0.2) is 36.5 Å². The molecule has 9 heteroatoms. The lowest BCUT2D eigenvalue weighted by atomic mass is 9.96. The molecule has 0 saturated heterocycles. The third-order valence-corrected chi connectivity index (χ3v) is 5.96. The van der Waals surface area contributed by atoms with Gasteiger partial charge >= 0.3 is 5.97 Å². The summed E-state index contributed by atoms with van der Waals surface area (Å²) in [5.74, 6) is -0.765. The Morgan fingerprint density at radius 1 is 1.21 bits per heavy atom. The molecule has 2 N–H and O–H groups in total. The van der Waals surface area contributed by atoms with Crippen LogP contribution in [0.3, 0.4) is 0 Å². The first-order valence-electron chi connectivity index (χ1n) is 11.0. The fourth-order valence-electron chi connectivity index (χ4n) is 4.00. The lowest BCUT2D eigenvalue weighted by molar-refractivity contribution is -0.156. The molecule has 0 spiro atoms. The molecular weight excluding hydrogens is 448 g/mol. The summed E-state index contributed by atoms with van der Waals surface area (Å²) in [4.78, 5) is 29.1. The normalized spacial score (nSPS) is 16.5. The van der Waals surface area contributed by atoms with Crippen LogP contribution in [0, 0.1) is 5.92 Å². The van der Waals surface area contributed by atoms with Crippen molar-refractivity contribution in [1.29, 1.82) is 0 Å². The van der Waals surface area contributed by atoms with Crippen LogP contribution in [0.5, 0.6) is 17.2 Å². The number of rotatable bonds is 9. The smallest absolute Gasteiger partial charge is 0.328 e. The van der Waals surface area contributed by atoms with Crippen molar-refractivity contribution in [2.75, 3.05) is 7.11 Å². The maximum absolute atomic E-state index is 12.7. The molecule has 8 nitrogen and oxygen atoms in total. The maximum Gasteiger partial charge on any atom is 0.328 e. The molecule has 1 aromatic carbocycles. The minimum absolute atomic E-state index is 0.108. The van der Waals surface area contributed by atoms with Gasteiger partial charge in [-0.15, -0.1) is 0 Å². The number of esters is 1. The molecule has 1 heterocycles. The Hall–Kier alpha value is -3.00. The van der Waals surface area contributed by atoms with Gasteiger partial charge in [0.1, 0.15) is 24.0 Å². The Kier molecular flexibility index (Phi) is 8.38. The van der Waals surface area contributed by atoms with E-state index in [1.54, 1.807) is 25.1 Å². The van der Waals surface area contributed by atoms with Crippen LogP contribution in [0.4, 0.5) is 0 Å². The second-order valence-electron chi connectivity index (χ2n) is 8.13. The quantitative estimate of drug-likeness (QED) is 0.524. The molecule has 1 amide bonds. The number of aromatic hydroxyl groups is 1. The van der Waals surface area contributed by atoms with Crippen molar-refractivity contribution in [1.82, 2.24) is 10.3 Å². The van der Waals surface area contributed by atoms with Crippen molar-refractivity contribution in [2.24, 2.45) is 5.92 Å². The Morgan fingerprint density at radius 2 is 1.94 bits per heavy atom. The number of nitrogens with zero attached hydrogens (tertiary/aromatic N) is 1. The SMILES string of the molecule is COc1ccnc(C(=O)N[C@@H](C)C(=O)O[C@@H](C)[C@H](Oc2cccc(Cl)c2)C2CCCC2)c1O. The Labute approximate surface area is 198 Å². The molecule has 0 unspecified atom stereocenters. The van der Waals surface area contributed by atoms with Gasteiger partial charge in [-0.1, -0.05) is 30.5 Å². The van der Waals surface area contributed by atoms with E-state index in [4.69, 9.17) is 25.8 Å². The van der Waals surface area contributed by atoms with E-state index in [1.807, 2.05) is 6.07 Å². The zero-order valence-electron chi connectivity index (χ0n) is 18.9. The zero-order valence-corrected chi connectivity index (χ0v) is 19.7. The summed E-state index contributed by atoms with van der Waals surface area (Å²) in [6.45, 7) is 3.29. The maximum atomic E-state index is 12.7. The molecule has 0 radical (unpaired) electrons. The van der Waals surface area contributed by atoms with Gasteiger partial charge in [0.2, 0.25) is 0 Å². The molecule has 1 fully saturated rings. The molecule has 3 rings (SSSR count). The number of amides is 1. The Morgan fingerprint density at radius 3 is 2.61 bits per heavy atom. The molecule has 1 aliphatic rings. The molecule has 3 atom stereocenters. The lowest BCUT2D eigenvalue weighted by Gasteiger charge is -2.30. The highest BCUT2D eigenvalue weighted by Gasteiger charge is 2.34. The molecule has 33 heavy (non-hydrogen) atoms. The number of methoxy groups -OCH3 is 1. The number of ether oxygens (including phenoxy) is 3. The summed E-state index contributed by atoms with van der Waals surface area (Å²) < 4.78 is 16.9. The second-order valence-corrected chi connectivity index (χ2v) is 8.57. The first-order chi connectivity index (χ1) is 15.8. The zero-order chi connectivity index (χ0) is 24.0. The third-order valence-electron chi connectivity index (χ3n) is 5.72. The minimum Gasteiger partial charge on any atom is -0.503 e. The van der Waals surface area contributed by atoms with Gasteiger partial charge in [-0.2, -0.15) is 0 Å². The van der Waals surface area contributed by atoms with E-state index in [9.17, 15) is 14.7 Å². The molecule has 2 aromatic rings. The number of pyridine rings is 1. The lowest BCUT2D eigenvalue weighted by Crippen LogP contribution is -2.45. The van der Waals surface area contributed by atoms with Crippen molar-refractivity contribution in [3.05, 3.63) is 47.2 Å². The number of halogens is 1. The Bertz CT molecular complexity index is 979. The summed E-state index contributed by atoms with van der Waals surface area (Å²) in [5, 5.41) is 13.2. The van der Waals surface area contributed by atoms with Crippen molar-refractivity contribution < 1.29 is 28.9 Å². The van der Waals surface area contributed by atoms with E-state index in [2.05, 4.69) is 10.3 Å². The first kappa shape index (κ1) is 24.6. The van der Waals surface area contributed by atoms with Crippen LogP contribution >= 0.6 is 11.6 Å². The predicted molar refractivity (Wildman–Crippen MR) is 123 cm³/mol. The monoisotopic (exact) mass is 476 g/mol. The minimum atomic E-state index is -0.970. The number of nitrogens with one attached hydrogen (secondary N) is 1. The van der Waals surface area contributed by atoms with Crippen LogP contribution in [0.25, 0.3) is 0 Å². The van der Waals surface area contributed by atoms with Crippen LogP contribution in [-0.4, -0.2) is 47.3 Å². The highest BCUT2D eigenvalue weighted by molar-refractivity contribution is 6.30. The Balaban J connectivity index is 1.65.